The Kier molecular flexibility index (Phi) is 5.56. The molecule has 0 saturated heterocycles. The highest BCUT2D eigenvalue weighted by Crippen LogP contribution is 2.17. The molecule has 2 N–H and O–H groups in total. The third-order valence-corrected chi connectivity index (χ3v) is 3.72. The van der Waals surface area contributed by atoms with E-state index in [9.17, 15) is 4.79 Å². The van der Waals surface area contributed by atoms with Crippen LogP contribution in [0.3, 0.4) is 0 Å². The zero-order valence-corrected chi connectivity index (χ0v) is 12.6. The minimum absolute atomic E-state index is 0.0244. The van der Waals surface area contributed by atoms with Crippen molar-refractivity contribution in [2.75, 3.05) is 6.61 Å². The number of benzene rings is 1. The number of aliphatic hydroxyl groups is 1. The van der Waals surface area contributed by atoms with Gasteiger partial charge in [-0.25, -0.2) is 0 Å². The highest BCUT2D eigenvalue weighted by atomic mass is 32.1. The first-order valence-corrected chi connectivity index (χ1v) is 7.68. The number of aliphatic hydroxyl groups excluding tert-OH is 1. The van der Waals surface area contributed by atoms with Gasteiger partial charge in [-0.3, -0.25) is 4.79 Å². The standard InChI is InChI=1S/C17H17NO2S/c1-13(15-9-11-21-12-15)18-17(20)16-8-3-2-6-14(16)7-4-5-10-19/h2-3,6,8-9,11-13,19H,5,10H2,1H3,(H,18,20). The second-order valence-corrected chi connectivity index (χ2v) is 5.35. The van der Waals surface area contributed by atoms with Gasteiger partial charge >= 0.3 is 0 Å². The molecule has 0 aliphatic rings. The predicted octanol–water partition coefficient (Wildman–Crippen LogP) is 2.97. The molecule has 0 fully saturated rings. The second-order valence-electron chi connectivity index (χ2n) is 4.57. The van der Waals surface area contributed by atoms with Crippen molar-refractivity contribution in [2.24, 2.45) is 0 Å². The average molecular weight is 299 g/mol. The maximum absolute atomic E-state index is 12.4. The summed E-state index contributed by atoms with van der Waals surface area (Å²) in [7, 11) is 0. The molecule has 1 aromatic heterocycles. The fraction of sp³-hybridized carbons (Fsp3) is 0.235. The largest absolute Gasteiger partial charge is 0.395 e. The summed E-state index contributed by atoms with van der Waals surface area (Å²) in [5.41, 5.74) is 2.34. The third-order valence-electron chi connectivity index (χ3n) is 3.02. The highest BCUT2D eigenvalue weighted by Gasteiger charge is 2.13. The van der Waals surface area contributed by atoms with Gasteiger partial charge in [0.2, 0.25) is 0 Å². The normalized spacial score (nSPS) is 11.3. The minimum atomic E-state index is -0.136. The summed E-state index contributed by atoms with van der Waals surface area (Å²) in [4.78, 5) is 12.4. The number of rotatable bonds is 4. The second kappa shape index (κ2) is 7.63. The molecule has 0 saturated carbocycles. The quantitative estimate of drug-likeness (QED) is 0.853. The summed E-state index contributed by atoms with van der Waals surface area (Å²) in [6.45, 7) is 1.98. The SMILES string of the molecule is CC(NC(=O)c1ccccc1C#CCCO)c1ccsc1. The molecule has 0 aliphatic carbocycles. The molecule has 0 aliphatic heterocycles. The van der Waals surface area contributed by atoms with Gasteiger partial charge in [0, 0.05) is 12.0 Å². The molecule has 1 heterocycles. The van der Waals surface area contributed by atoms with Crippen LogP contribution in [0.15, 0.2) is 41.1 Å². The average Bonchev–Trinajstić information content (AvgIpc) is 3.02. The maximum Gasteiger partial charge on any atom is 0.253 e. The van der Waals surface area contributed by atoms with E-state index in [-0.39, 0.29) is 18.6 Å². The van der Waals surface area contributed by atoms with Gasteiger partial charge in [0.25, 0.3) is 5.91 Å². The predicted molar refractivity (Wildman–Crippen MR) is 85.2 cm³/mol. The molecule has 0 spiro atoms. The van der Waals surface area contributed by atoms with E-state index in [4.69, 9.17) is 5.11 Å². The van der Waals surface area contributed by atoms with Crippen LogP contribution in [0, 0.1) is 11.8 Å². The molecule has 0 radical (unpaired) electrons. The number of hydrogen-bond acceptors (Lipinski definition) is 3. The van der Waals surface area contributed by atoms with Crippen molar-refractivity contribution in [3.05, 3.63) is 57.8 Å². The summed E-state index contributed by atoms with van der Waals surface area (Å²) in [5, 5.41) is 15.8. The van der Waals surface area contributed by atoms with Crippen LogP contribution in [0.5, 0.6) is 0 Å². The van der Waals surface area contributed by atoms with Crippen LogP contribution in [0.2, 0.25) is 0 Å². The van der Waals surface area contributed by atoms with Crippen LogP contribution in [0.1, 0.15) is 40.9 Å². The lowest BCUT2D eigenvalue weighted by atomic mass is 10.1. The van der Waals surface area contributed by atoms with Gasteiger partial charge in [0.15, 0.2) is 0 Å². The number of carbonyl (C=O) groups excluding carboxylic acids is 1. The molecule has 1 amide bonds. The highest BCUT2D eigenvalue weighted by molar-refractivity contribution is 7.07. The van der Waals surface area contributed by atoms with E-state index in [0.717, 1.165) is 5.56 Å². The van der Waals surface area contributed by atoms with Gasteiger partial charge in [-0.1, -0.05) is 24.0 Å². The van der Waals surface area contributed by atoms with Crippen molar-refractivity contribution in [1.29, 1.82) is 0 Å². The van der Waals surface area contributed by atoms with E-state index in [2.05, 4.69) is 17.2 Å². The van der Waals surface area contributed by atoms with Gasteiger partial charge in [-0.2, -0.15) is 11.3 Å². The Balaban J connectivity index is 2.14. The first-order chi connectivity index (χ1) is 10.2. The molecule has 21 heavy (non-hydrogen) atoms. The van der Waals surface area contributed by atoms with E-state index in [1.807, 2.05) is 41.9 Å². The molecule has 1 unspecified atom stereocenters. The van der Waals surface area contributed by atoms with Gasteiger partial charge in [0.1, 0.15) is 0 Å². The van der Waals surface area contributed by atoms with Crippen LogP contribution < -0.4 is 5.32 Å². The molecule has 2 aromatic rings. The zero-order chi connectivity index (χ0) is 15.1. The van der Waals surface area contributed by atoms with Crippen molar-refractivity contribution in [1.82, 2.24) is 5.32 Å². The number of hydrogen-bond donors (Lipinski definition) is 2. The molecule has 1 atom stereocenters. The van der Waals surface area contributed by atoms with Crippen LogP contribution >= 0.6 is 11.3 Å². The Morgan fingerprint density at radius 1 is 1.38 bits per heavy atom. The summed E-state index contributed by atoms with van der Waals surface area (Å²) in [6.07, 6.45) is 0.404. The van der Waals surface area contributed by atoms with Crippen LogP contribution in [-0.4, -0.2) is 17.6 Å². The number of nitrogens with one attached hydrogen (secondary N) is 1. The Morgan fingerprint density at radius 2 is 2.19 bits per heavy atom. The van der Waals surface area contributed by atoms with Crippen LogP contribution in [0.4, 0.5) is 0 Å². The van der Waals surface area contributed by atoms with Crippen molar-refractivity contribution in [2.45, 2.75) is 19.4 Å². The first-order valence-electron chi connectivity index (χ1n) is 6.74. The maximum atomic E-state index is 12.4. The molecule has 4 heteroatoms. The van der Waals surface area contributed by atoms with Crippen molar-refractivity contribution < 1.29 is 9.90 Å². The summed E-state index contributed by atoms with van der Waals surface area (Å²) >= 11 is 1.61. The lowest BCUT2D eigenvalue weighted by Gasteiger charge is -2.13. The lowest BCUT2D eigenvalue weighted by Crippen LogP contribution is -2.27. The molecule has 108 valence electrons. The van der Waals surface area contributed by atoms with E-state index in [1.54, 1.807) is 17.4 Å². The Bertz CT molecular complexity index is 653. The Hall–Kier alpha value is -2.09. The molecule has 3 nitrogen and oxygen atoms in total. The summed E-state index contributed by atoms with van der Waals surface area (Å²) < 4.78 is 0. The summed E-state index contributed by atoms with van der Waals surface area (Å²) in [5.74, 6) is 5.65. The summed E-state index contributed by atoms with van der Waals surface area (Å²) in [6, 6.07) is 9.21. The van der Waals surface area contributed by atoms with Gasteiger partial charge in [-0.05, 0) is 41.4 Å². The molecular formula is C17H17NO2S. The topological polar surface area (TPSA) is 49.3 Å². The van der Waals surface area contributed by atoms with E-state index < -0.39 is 0 Å². The monoisotopic (exact) mass is 299 g/mol. The molecular weight excluding hydrogens is 282 g/mol. The number of amides is 1. The van der Waals surface area contributed by atoms with Crippen molar-refractivity contribution >= 4 is 17.2 Å². The fourth-order valence-corrected chi connectivity index (χ4v) is 2.64. The smallest absolute Gasteiger partial charge is 0.253 e. The number of carbonyl (C=O) groups is 1. The van der Waals surface area contributed by atoms with Gasteiger partial charge < -0.3 is 10.4 Å². The fourth-order valence-electron chi connectivity index (χ4n) is 1.88. The van der Waals surface area contributed by atoms with Crippen LogP contribution in [0.25, 0.3) is 0 Å². The molecule has 0 bridgehead atoms. The van der Waals surface area contributed by atoms with Crippen molar-refractivity contribution in [3.8, 4) is 11.8 Å². The Labute approximate surface area is 128 Å². The van der Waals surface area contributed by atoms with Crippen molar-refractivity contribution in [3.63, 3.8) is 0 Å². The first kappa shape index (κ1) is 15.3. The van der Waals surface area contributed by atoms with E-state index >= 15 is 0 Å². The third kappa shape index (κ3) is 4.19. The van der Waals surface area contributed by atoms with E-state index in [0.29, 0.717) is 17.5 Å². The molecule has 2 rings (SSSR count). The lowest BCUT2D eigenvalue weighted by molar-refractivity contribution is 0.0939. The zero-order valence-electron chi connectivity index (χ0n) is 11.8. The van der Waals surface area contributed by atoms with E-state index in [1.165, 1.54) is 0 Å². The molecule has 1 aromatic carbocycles. The Morgan fingerprint density at radius 3 is 2.90 bits per heavy atom. The number of thiophene rings is 1. The minimum Gasteiger partial charge on any atom is -0.395 e. The van der Waals surface area contributed by atoms with Crippen LogP contribution in [-0.2, 0) is 0 Å². The van der Waals surface area contributed by atoms with Gasteiger partial charge in [0.05, 0.1) is 18.2 Å². The van der Waals surface area contributed by atoms with Gasteiger partial charge in [-0.15, -0.1) is 0 Å².